The number of amides is 1. The van der Waals surface area contributed by atoms with Gasteiger partial charge in [-0.1, -0.05) is 48.0 Å². The second-order valence-electron chi connectivity index (χ2n) is 7.73. The highest BCUT2D eigenvalue weighted by molar-refractivity contribution is 7.99. The van der Waals surface area contributed by atoms with Crippen molar-refractivity contribution in [1.82, 2.24) is 24.3 Å². The molecule has 1 aromatic carbocycles. The molecule has 1 N–H and O–H groups in total. The fourth-order valence-electron chi connectivity index (χ4n) is 4.00. The lowest BCUT2D eigenvalue weighted by atomic mass is 10.1. The van der Waals surface area contributed by atoms with E-state index >= 15 is 0 Å². The Morgan fingerprint density at radius 2 is 1.97 bits per heavy atom. The summed E-state index contributed by atoms with van der Waals surface area (Å²) in [6.45, 7) is 0.757. The average molecular weight is 481 g/mol. The van der Waals surface area contributed by atoms with Crippen LogP contribution in [0.4, 0.5) is 5.69 Å². The van der Waals surface area contributed by atoms with E-state index in [0.717, 1.165) is 37.9 Å². The number of nitrogens with zero attached hydrogens (tertiary/aromatic N) is 5. The number of anilines is 1. The Morgan fingerprint density at radius 1 is 1.12 bits per heavy atom. The van der Waals surface area contributed by atoms with E-state index in [9.17, 15) is 9.59 Å². The minimum absolute atomic E-state index is 0.146. The molecule has 2 aromatic rings. The predicted molar refractivity (Wildman–Crippen MR) is 128 cm³/mol. The highest BCUT2D eigenvalue weighted by atomic mass is 35.5. The summed E-state index contributed by atoms with van der Waals surface area (Å²) in [6.07, 6.45) is 5.42. The molecular weight excluding hydrogens is 460 g/mol. The van der Waals surface area contributed by atoms with Gasteiger partial charge in [0.15, 0.2) is 16.1 Å². The molecule has 3 aliphatic rings. The first kappa shape index (κ1) is 21.7. The quantitative estimate of drug-likeness (QED) is 0.263. The molecule has 0 bridgehead atoms. The van der Waals surface area contributed by atoms with Crippen molar-refractivity contribution in [3.63, 3.8) is 0 Å². The zero-order valence-electron chi connectivity index (χ0n) is 17.7. The number of hydrogen-bond donors (Lipinski definition) is 1. The van der Waals surface area contributed by atoms with Gasteiger partial charge in [0.2, 0.25) is 5.91 Å². The average Bonchev–Trinajstić information content (AvgIpc) is 2.99. The zero-order valence-corrected chi connectivity index (χ0v) is 19.3. The molecule has 0 atom stereocenters. The van der Waals surface area contributed by atoms with Crippen LogP contribution in [0.25, 0.3) is 17.1 Å². The van der Waals surface area contributed by atoms with Crippen LogP contribution in [0.1, 0.15) is 25.0 Å². The molecule has 33 heavy (non-hydrogen) atoms. The minimum atomic E-state index is -0.209. The third kappa shape index (κ3) is 4.38. The first-order chi connectivity index (χ1) is 16.1. The van der Waals surface area contributed by atoms with Gasteiger partial charge in [-0.25, -0.2) is 9.97 Å². The van der Waals surface area contributed by atoms with Crippen molar-refractivity contribution in [1.29, 1.82) is 0 Å². The van der Waals surface area contributed by atoms with E-state index in [0.29, 0.717) is 27.9 Å². The molecule has 1 amide bonds. The SMILES string of the molecule is O=C(CSc1nc2nn(-c3ccccc3)c(=O)c-2c2n1CCCCC2)Nc1cccnc1Cl. The van der Waals surface area contributed by atoms with Gasteiger partial charge < -0.3 is 9.88 Å². The maximum absolute atomic E-state index is 13.3. The topological polar surface area (TPSA) is 94.7 Å². The van der Waals surface area contributed by atoms with Crippen LogP contribution >= 0.6 is 23.4 Å². The Balaban J connectivity index is 1.49. The number of hydrogen-bond acceptors (Lipinski definition) is 6. The van der Waals surface area contributed by atoms with E-state index in [4.69, 9.17) is 16.6 Å². The van der Waals surface area contributed by atoms with Gasteiger partial charge in [0, 0.05) is 18.4 Å². The molecule has 5 rings (SSSR count). The Labute approximate surface area is 199 Å². The third-order valence-corrected chi connectivity index (χ3v) is 6.81. The summed E-state index contributed by atoms with van der Waals surface area (Å²) in [5, 5.41) is 8.24. The first-order valence-electron chi connectivity index (χ1n) is 10.7. The van der Waals surface area contributed by atoms with Crippen molar-refractivity contribution >= 4 is 35.0 Å². The number of thioether (sulfide) groups is 1. The summed E-state index contributed by atoms with van der Waals surface area (Å²) in [4.78, 5) is 34.5. The minimum Gasteiger partial charge on any atom is -0.324 e. The van der Waals surface area contributed by atoms with Crippen LogP contribution < -0.4 is 10.9 Å². The van der Waals surface area contributed by atoms with Crippen molar-refractivity contribution in [2.75, 3.05) is 11.1 Å². The van der Waals surface area contributed by atoms with E-state index in [1.165, 1.54) is 16.4 Å². The Kier molecular flexibility index (Phi) is 6.15. The van der Waals surface area contributed by atoms with Crippen LogP contribution in [-0.2, 0) is 17.8 Å². The molecule has 0 saturated carbocycles. The molecule has 0 aliphatic carbocycles. The van der Waals surface area contributed by atoms with Gasteiger partial charge >= 0.3 is 0 Å². The molecule has 0 fully saturated rings. The fourth-order valence-corrected chi connectivity index (χ4v) is 5.01. The van der Waals surface area contributed by atoms with E-state index in [1.54, 1.807) is 18.3 Å². The summed E-state index contributed by atoms with van der Waals surface area (Å²) >= 11 is 7.37. The number of carbonyl (C=O) groups excluding carboxylic acids is 1. The van der Waals surface area contributed by atoms with Crippen LogP contribution in [0.2, 0.25) is 5.15 Å². The molecule has 0 unspecified atom stereocenters. The molecule has 10 heteroatoms. The molecule has 0 saturated heterocycles. The highest BCUT2D eigenvalue weighted by Gasteiger charge is 2.27. The fraction of sp³-hybridized carbons (Fsp3) is 0.261. The van der Waals surface area contributed by atoms with Crippen molar-refractivity contribution < 1.29 is 4.79 Å². The smallest absolute Gasteiger partial charge is 0.284 e. The molecule has 1 aromatic heterocycles. The van der Waals surface area contributed by atoms with Crippen LogP contribution in [0.5, 0.6) is 0 Å². The summed E-state index contributed by atoms with van der Waals surface area (Å²) in [5.74, 6) is 0.349. The Hall–Kier alpha value is -3.17. The van der Waals surface area contributed by atoms with Gasteiger partial charge in [0.1, 0.15) is 5.56 Å². The van der Waals surface area contributed by atoms with Crippen molar-refractivity contribution in [2.24, 2.45) is 0 Å². The summed E-state index contributed by atoms with van der Waals surface area (Å²) in [6, 6.07) is 12.8. The molecule has 8 nitrogen and oxygen atoms in total. The zero-order chi connectivity index (χ0) is 22.8. The monoisotopic (exact) mass is 480 g/mol. The maximum atomic E-state index is 13.3. The number of carbonyl (C=O) groups is 1. The maximum Gasteiger partial charge on any atom is 0.284 e. The Morgan fingerprint density at radius 3 is 2.79 bits per heavy atom. The number of rotatable bonds is 5. The third-order valence-electron chi connectivity index (χ3n) is 5.53. The summed E-state index contributed by atoms with van der Waals surface area (Å²) < 4.78 is 3.50. The van der Waals surface area contributed by atoms with E-state index < -0.39 is 0 Å². The van der Waals surface area contributed by atoms with Gasteiger partial charge in [-0.05, 0) is 43.5 Å². The van der Waals surface area contributed by atoms with Crippen LogP contribution in [-0.4, -0.2) is 36.0 Å². The van der Waals surface area contributed by atoms with Crippen LogP contribution in [0.3, 0.4) is 0 Å². The number of aromatic nitrogens is 5. The van der Waals surface area contributed by atoms with Crippen molar-refractivity contribution in [3.8, 4) is 17.1 Å². The van der Waals surface area contributed by atoms with E-state index in [1.807, 2.05) is 30.3 Å². The second kappa shape index (κ2) is 9.36. The summed E-state index contributed by atoms with van der Waals surface area (Å²) in [7, 11) is 0. The predicted octanol–water partition coefficient (Wildman–Crippen LogP) is 4.04. The van der Waals surface area contributed by atoms with E-state index in [-0.39, 0.29) is 22.4 Å². The molecular formula is C23H21ClN6O2S. The van der Waals surface area contributed by atoms with Crippen molar-refractivity contribution in [2.45, 2.75) is 37.4 Å². The second-order valence-corrected chi connectivity index (χ2v) is 9.03. The Bertz CT molecular complexity index is 1340. The van der Waals surface area contributed by atoms with E-state index in [2.05, 4.69) is 20.0 Å². The number of para-hydroxylation sites is 1. The number of nitrogens with one attached hydrogen (secondary N) is 1. The lowest BCUT2D eigenvalue weighted by Crippen LogP contribution is -2.20. The number of fused-ring (bicyclic) bond motifs is 3. The normalized spacial score (nSPS) is 13.5. The largest absolute Gasteiger partial charge is 0.324 e. The lowest BCUT2D eigenvalue weighted by Gasteiger charge is -2.17. The van der Waals surface area contributed by atoms with Gasteiger partial charge in [-0.3, -0.25) is 9.59 Å². The summed E-state index contributed by atoms with van der Waals surface area (Å²) in [5.41, 5.74) is 2.53. The van der Waals surface area contributed by atoms with Crippen LogP contribution in [0, 0.1) is 0 Å². The highest BCUT2D eigenvalue weighted by Crippen LogP contribution is 2.30. The molecule has 0 spiro atoms. The number of halogens is 1. The van der Waals surface area contributed by atoms with Gasteiger partial charge in [-0.2, -0.15) is 4.68 Å². The van der Waals surface area contributed by atoms with Gasteiger partial charge in [0.05, 0.1) is 17.1 Å². The van der Waals surface area contributed by atoms with Crippen molar-refractivity contribution in [3.05, 3.63) is 69.9 Å². The standard InChI is InChI=1S/C23H21ClN6O2S/c24-20-16(10-7-12-25-20)26-18(31)14-33-23-27-21-19(17-11-5-2-6-13-29(17)23)22(32)30(28-21)15-8-3-1-4-9-15/h1,3-4,7-10,12H,2,5-6,11,13-14H2,(H,26,31). The number of benzene rings is 1. The van der Waals surface area contributed by atoms with Gasteiger partial charge in [0.25, 0.3) is 5.56 Å². The van der Waals surface area contributed by atoms with Gasteiger partial charge in [-0.15, -0.1) is 5.10 Å². The lowest BCUT2D eigenvalue weighted by molar-refractivity contribution is -0.113. The molecule has 168 valence electrons. The molecule has 4 heterocycles. The first-order valence-corrected chi connectivity index (χ1v) is 12.1. The molecule has 0 radical (unpaired) electrons. The molecule has 3 aliphatic heterocycles. The number of pyridine rings is 1. The van der Waals surface area contributed by atoms with Crippen LogP contribution in [0.15, 0.2) is 58.6 Å².